The molecule has 21 heavy (non-hydrogen) atoms. The Hall–Kier alpha value is -2.60. The van der Waals surface area contributed by atoms with Crippen LogP contribution in [-0.4, -0.2) is 25.0 Å². The van der Waals surface area contributed by atoms with Gasteiger partial charge in [0.15, 0.2) is 10.6 Å². The Morgan fingerprint density at radius 1 is 1.14 bits per heavy atom. The summed E-state index contributed by atoms with van der Waals surface area (Å²) in [6.07, 6.45) is 0. The lowest BCUT2D eigenvalue weighted by Crippen LogP contribution is -1.98. The molecule has 0 aliphatic carbocycles. The molecule has 0 spiro atoms. The minimum atomic E-state index is -0.0575. The van der Waals surface area contributed by atoms with Crippen LogP contribution in [0.4, 0.5) is 0 Å². The zero-order chi connectivity index (χ0) is 15.0. The third-order valence-electron chi connectivity index (χ3n) is 3.15. The normalized spacial score (nSPS) is 10.7. The summed E-state index contributed by atoms with van der Waals surface area (Å²) in [4.78, 5) is 0. The summed E-state index contributed by atoms with van der Waals surface area (Å²) in [5.41, 5.74) is 2.44. The number of aryl methyl sites for hydroxylation is 1. The predicted octanol–water partition coefficient (Wildman–Crippen LogP) is 3.32. The molecule has 5 nitrogen and oxygen atoms in total. The number of benzene rings is 2. The van der Waals surface area contributed by atoms with E-state index >= 15 is 0 Å². The van der Waals surface area contributed by atoms with Crippen molar-refractivity contribution in [3.63, 3.8) is 0 Å². The summed E-state index contributed by atoms with van der Waals surface area (Å²) in [7, 11) is 0. The Morgan fingerprint density at radius 2 is 1.95 bits per heavy atom. The Balaban J connectivity index is 2.24. The largest absolute Gasteiger partial charge is 0.508 e. The van der Waals surface area contributed by atoms with Gasteiger partial charge in [-0.05, 0) is 49.0 Å². The maximum Gasteiger partial charge on any atom is 0.200 e. The third-order valence-corrected chi connectivity index (χ3v) is 3.43. The number of hydrogen-bond donors (Lipinski definition) is 3. The molecular formula is C15H13N3O2S. The van der Waals surface area contributed by atoms with Crippen LogP contribution in [0, 0.1) is 11.7 Å². The second-order valence-corrected chi connectivity index (χ2v) is 5.11. The Labute approximate surface area is 126 Å². The van der Waals surface area contributed by atoms with Crippen LogP contribution in [0.25, 0.3) is 17.1 Å². The van der Waals surface area contributed by atoms with Crippen molar-refractivity contribution >= 4 is 12.2 Å². The summed E-state index contributed by atoms with van der Waals surface area (Å²) < 4.78 is 2.18. The molecule has 3 N–H and O–H groups in total. The van der Waals surface area contributed by atoms with Crippen LogP contribution in [0.1, 0.15) is 5.56 Å². The first-order chi connectivity index (χ1) is 10.1. The highest BCUT2D eigenvalue weighted by Gasteiger charge is 2.14. The van der Waals surface area contributed by atoms with E-state index in [0.29, 0.717) is 16.2 Å². The van der Waals surface area contributed by atoms with Gasteiger partial charge in [0.1, 0.15) is 11.5 Å². The number of rotatable bonds is 2. The summed E-state index contributed by atoms with van der Waals surface area (Å²) in [5.74, 6) is 0.425. The van der Waals surface area contributed by atoms with E-state index in [4.69, 9.17) is 12.2 Å². The molecule has 3 aromatic rings. The van der Waals surface area contributed by atoms with E-state index < -0.39 is 0 Å². The van der Waals surface area contributed by atoms with Crippen LogP contribution in [0.15, 0.2) is 42.5 Å². The van der Waals surface area contributed by atoms with Gasteiger partial charge in [0.25, 0.3) is 0 Å². The van der Waals surface area contributed by atoms with Crippen molar-refractivity contribution in [2.75, 3.05) is 0 Å². The molecule has 106 valence electrons. The van der Waals surface area contributed by atoms with Crippen molar-refractivity contribution < 1.29 is 10.2 Å². The van der Waals surface area contributed by atoms with Crippen LogP contribution in [0.2, 0.25) is 0 Å². The Morgan fingerprint density at radius 3 is 2.67 bits per heavy atom. The molecule has 6 heteroatoms. The lowest BCUT2D eigenvalue weighted by atomic mass is 10.1. The number of hydrogen-bond acceptors (Lipinski definition) is 4. The van der Waals surface area contributed by atoms with E-state index in [1.54, 1.807) is 10.6 Å². The average molecular weight is 299 g/mol. The second kappa shape index (κ2) is 5.06. The first-order valence-electron chi connectivity index (χ1n) is 6.33. The maximum absolute atomic E-state index is 10.0. The maximum atomic E-state index is 10.0. The van der Waals surface area contributed by atoms with Crippen molar-refractivity contribution in [2.45, 2.75) is 6.92 Å². The highest BCUT2D eigenvalue weighted by Crippen LogP contribution is 2.32. The smallest absolute Gasteiger partial charge is 0.200 e. The van der Waals surface area contributed by atoms with E-state index in [9.17, 15) is 10.2 Å². The molecular weight excluding hydrogens is 286 g/mol. The van der Waals surface area contributed by atoms with Gasteiger partial charge in [-0.3, -0.25) is 9.67 Å². The fraction of sp³-hybridized carbons (Fsp3) is 0.0667. The molecule has 0 radical (unpaired) electrons. The summed E-state index contributed by atoms with van der Waals surface area (Å²) >= 11 is 5.28. The molecule has 0 aliphatic rings. The zero-order valence-corrected chi connectivity index (χ0v) is 12.1. The number of aromatic amines is 1. The number of phenolic OH excluding ortho intramolecular Hbond substituents is 2. The first-order valence-corrected chi connectivity index (χ1v) is 6.74. The molecule has 0 saturated carbocycles. The van der Waals surface area contributed by atoms with Gasteiger partial charge in [-0.15, -0.1) is 0 Å². The number of nitrogens with one attached hydrogen (secondary N) is 1. The highest BCUT2D eigenvalue weighted by molar-refractivity contribution is 7.71. The van der Waals surface area contributed by atoms with Crippen LogP contribution in [0.5, 0.6) is 11.5 Å². The monoisotopic (exact) mass is 299 g/mol. The van der Waals surface area contributed by atoms with Crippen molar-refractivity contribution in [3.05, 3.63) is 52.8 Å². The fourth-order valence-electron chi connectivity index (χ4n) is 2.19. The third kappa shape index (κ3) is 2.41. The predicted molar refractivity (Wildman–Crippen MR) is 82.3 cm³/mol. The molecule has 0 bridgehead atoms. The zero-order valence-electron chi connectivity index (χ0n) is 11.2. The molecule has 0 fully saturated rings. The van der Waals surface area contributed by atoms with Crippen LogP contribution >= 0.6 is 12.2 Å². The van der Waals surface area contributed by atoms with Gasteiger partial charge in [0.05, 0.1) is 11.3 Å². The Bertz CT molecular complexity index is 867. The Kier molecular flexibility index (Phi) is 3.23. The summed E-state index contributed by atoms with van der Waals surface area (Å²) in [6.45, 7) is 1.99. The molecule has 0 unspecified atom stereocenters. The van der Waals surface area contributed by atoms with Gasteiger partial charge < -0.3 is 10.2 Å². The van der Waals surface area contributed by atoms with Crippen LogP contribution in [-0.2, 0) is 0 Å². The molecule has 0 aliphatic heterocycles. The second-order valence-electron chi connectivity index (χ2n) is 4.73. The highest BCUT2D eigenvalue weighted by atomic mass is 32.1. The van der Waals surface area contributed by atoms with Gasteiger partial charge in [-0.1, -0.05) is 12.1 Å². The number of nitrogens with zero attached hydrogens (tertiary/aromatic N) is 2. The molecule has 3 rings (SSSR count). The van der Waals surface area contributed by atoms with Gasteiger partial charge in [0, 0.05) is 6.07 Å². The molecule has 0 saturated heterocycles. The molecule has 2 aromatic carbocycles. The van der Waals surface area contributed by atoms with E-state index in [-0.39, 0.29) is 11.5 Å². The van der Waals surface area contributed by atoms with Crippen molar-refractivity contribution in [2.24, 2.45) is 0 Å². The standard InChI is InChI=1S/C15H13N3O2S/c1-9-3-2-4-10(7-9)18-14(16-17-15(18)21)12-6-5-11(19)8-13(12)20/h2-8,19-20H,1H3,(H,17,21). The van der Waals surface area contributed by atoms with E-state index in [1.165, 1.54) is 12.1 Å². The molecule has 1 heterocycles. The number of aromatic hydroxyl groups is 2. The van der Waals surface area contributed by atoms with E-state index in [0.717, 1.165) is 11.3 Å². The van der Waals surface area contributed by atoms with Gasteiger partial charge in [-0.2, -0.15) is 5.10 Å². The van der Waals surface area contributed by atoms with Crippen molar-refractivity contribution in [1.29, 1.82) is 0 Å². The SMILES string of the molecule is Cc1cccc(-n2c(-c3ccc(O)cc3O)n[nH]c2=S)c1. The van der Waals surface area contributed by atoms with Crippen molar-refractivity contribution in [3.8, 4) is 28.6 Å². The molecule has 1 aromatic heterocycles. The van der Waals surface area contributed by atoms with Crippen molar-refractivity contribution in [1.82, 2.24) is 14.8 Å². The van der Waals surface area contributed by atoms with Crippen LogP contribution in [0.3, 0.4) is 0 Å². The number of phenols is 2. The lowest BCUT2D eigenvalue weighted by Gasteiger charge is -2.09. The first kappa shape index (κ1) is 13.4. The van der Waals surface area contributed by atoms with E-state index in [2.05, 4.69) is 10.2 Å². The van der Waals surface area contributed by atoms with E-state index in [1.807, 2.05) is 31.2 Å². The van der Waals surface area contributed by atoms with Gasteiger partial charge in [-0.25, -0.2) is 0 Å². The molecule has 0 amide bonds. The average Bonchev–Trinajstić information content (AvgIpc) is 2.80. The minimum absolute atomic E-state index is 0.00696. The quantitative estimate of drug-likeness (QED) is 0.635. The van der Waals surface area contributed by atoms with Gasteiger partial charge in [0.2, 0.25) is 0 Å². The fourth-order valence-corrected chi connectivity index (χ4v) is 2.43. The molecule has 0 atom stereocenters. The number of aromatic nitrogens is 3. The topological polar surface area (TPSA) is 74.1 Å². The summed E-state index contributed by atoms with van der Waals surface area (Å²) in [5, 5.41) is 26.3. The minimum Gasteiger partial charge on any atom is -0.508 e. The lowest BCUT2D eigenvalue weighted by molar-refractivity contribution is 0.451. The number of H-pyrrole nitrogens is 1. The van der Waals surface area contributed by atoms with Gasteiger partial charge >= 0.3 is 0 Å². The summed E-state index contributed by atoms with van der Waals surface area (Å²) in [6, 6.07) is 12.2. The van der Waals surface area contributed by atoms with Crippen LogP contribution < -0.4 is 0 Å².